The van der Waals surface area contributed by atoms with Crippen molar-refractivity contribution in [2.24, 2.45) is 0 Å². The largest absolute Gasteiger partial charge is 0.497 e. The lowest BCUT2D eigenvalue weighted by atomic mass is 9.88. The maximum Gasteiger partial charge on any atom is 0.315 e. The number of hydrogen-bond donors (Lipinski definition) is 0. The topological polar surface area (TPSA) is 48.0 Å². The molecule has 0 unspecified atom stereocenters. The van der Waals surface area contributed by atoms with Gasteiger partial charge in [0.15, 0.2) is 0 Å². The van der Waals surface area contributed by atoms with Gasteiger partial charge in [0.2, 0.25) is 0 Å². The second-order valence-electron chi connectivity index (χ2n) is 11.2. The predicted molar refractivity (Wildman–Crippen MR) is 178 cm³/mol. The number of methoxy groups -OCH3 is 1. The molecule has 0 N–H and O–H groups in total. The van der Waals surface area contributed by atoms with Crippen molar-refractivity contribution in [2.75, 3.05) is 33.4 Å². The molecule has 5 nitrogen and oxygen atoms in total. The minimum Gasteiger partial charge on any atom is -0.497 e. The number of carbonyl (C=O) groups is 1. The van der Waals surface area contributed by atoms with Crippen molar-refractivity contribution < 1.29 is 19.0 Å². The number of benzene rings is 4. The van der Waals surface area contributed by atoms with Crippen molar-refractivity contribution >= 4 is 17.1 Å². The molecule has 5 heteroatoms. The van der Waals surface area contributed by atoms with Crippen LogP contribution < -0.4 is 14.2 Å². The Kier molecular flexibility index (Phi) is 11.3. The molecule has 0 radical (unpaired) electrons. The Bertz CT molecular complexity index is 1490. The Morgan fingerprint density at radius 2 is 1.25 bits per heavy atom. The van der Waals surface area contributed by atoms with Crippen molar-refractivity contribution in [3.63, 3.8) is 0 Å². The quantitative estimate of drug-likeness (QED) is 0.0943. The molecule has 1 fully saturated rings. The van der Waals surface area contributed by atoms with E-state index in [1.165, 1.54) is 44.3 Å². The second kappa shape index (κ2) is 15.9. The molecule has 0 bridgehead atoms. The zero-order valence-corrected chi connectivity index (χ0v) is 26.0. The average molecular weight is 590 g/mol. The third kappa shape index (κ3) is 8.61. The first-order valence-corrected chi connectivity index (χ1v) is 15.8. The van der Waals surface area contributed by atoms with E-state index in [9.17, 15) is 4.79 Å². The summed E-state index contributed by atoms with van der Waals surface area (Å²) in [6.07, 6.45) is 6.32. The second-order valence-corrected chi connectivity index (χ2v) is 11.2. The molecule has 0 aromatic heterocycles. The molecule has 0 atom stereocenters. The van der Waals surface area contributed by atoms with E-state index < -0.39 is 0 Å². The number of hydrogen-bond acceptors (Lipinski definition) is 5. The number of carbonyl (C=O) groups excluding carboxylic acids is 1. The molecular weight excluding hydrogens is 546 g/mol. The Morgan fingerprint density at radius 1 is 0.682 bits per heavy atom. The van der Waals surface area contributed by atoms with Gasteiger partial charge in [0, 0.05) is 6.54 Å². The first-order chi connectivity index (χ1) is 21.6. The molecule has 1 aliphatic heterocycles. The van der Waals surface area contributed by atoms with Gasteiger partial charge in [0.1, 0.15) is 23.9 Å². The number of rotatable bonds is 12. The van der Waals surface area contributed by atoms with Crippen molar-refractivity contribution in [3.05, 3.63) is 125 Å². The summed E-state index contributed by atoms with van der Waals surface area (Å²) in [6.45, 7) is 6.18. The van der Waals surface area contributed by atoms with Gasteiger partial charge in [-0.15, -0.1) is 0 Å². The number of likely N-dealkylation sites (tertiary alicyclic amines) is 1. The zero-order valence-electron chi connectivity index (χ0n) is 26.0. The molecule has 0 saturated carbocycles. The minimum atomic E-state index is -0.279. The fraction of sp³-hybridized carbons (Fsp3) is 0.308. The van der Waals surface area contributed by atoms with E-state index in [2.05, 4.69) is 48.2 Å². The molecule has 0 spiro atoms. The zero-order chi connectivity index (χ0) is 30.6. The van der Waals surface area contributed by atoms with Crippen LogP contribution in [0.1, 0.15) is 61.3 Å². The number of allylic oxidation sites excluding steroid dienone is 1. The summed E-state index contributed by atoms with van der Waals surface area (Å²) in [4.78, 5) is 15.1. The summed E-state index contributed by atoms with van der Waals surface area (Å²) in [5.74, 6) is 1.96. The van der Waals surface area contributed by atoms with Crippen molar-refractivity contribution in [1.29, 1.82) is 0 Å². The molecular formula is C39H43NO4. The smallest absolute Gasteiger partial charge is 0.315 e. The molecule has 1 saturated heterocycles. The van der Waals surface area contributed by atoms with E-state index in [-0.39, 0.29) is 12.4 Å². The SMILES string of the molecule is CC/C(=C(\c1ccc(OCCN2CCCCCC2)cc1)c1ccc(OC(=O)Cc2ccccc2)cc1)c1ccc(OC)cc1. The van der Waals surface area contributed by atoms with Gasteiger partial charge in [-0.25, -0.2) is 0 Å². The van der Waals surface area contributed by atoms with Crippen LogP contribution in [0.25, 0.3) is 11.1 Å². The van der Waals surface area contributed by atoms with Crippen LogP contribution in [0.3, 0.4) is 0 Å². The fourth-order valence-corrected chi connectivity index (χ4v) is 5.82. The molecule has 44 heavy (non-hydrogen) atoms. The minimum absolute atomic E-state index is 0.234. The Hall–Kier alpha value is -4.35. The van der Waals surface area contributed by atoms with Crippen LogP contribution in [0.5, 0.6) is 17.2 Å². The highest BCUT2D eigenvalue weighted by Crippen LogP contribution is 2.36. The van der Waals surface area contributed by atoms with Crippen LogP contribution >= 0.6 is 0 Å². The monoisotopic (exact) mass is 589 g/mol. The number of ether oxygens (including phenoxy) is 3. The van der Waals surface area contributed by atoms with E-state index in [0.717, 1.165) is 52.3 Å². The first kappa shape index (κ1) is 31.1. The van der Waals surface area contributed by atoms with Crippen LogP contribution in [-0.4, -0.2) is 44.2 Å². The summed E-state index contributed by atoms with van der Waals surface area (Å²) in [6, 6.07) is 34.1. The van der Waals surface area contributed by atoms with Crippen molar-refractivity contribution in [2.45, 2.75) is 45.4 Å². The Morgan fingerprint density at radius 3 is 1.84 bits per heavy atom. The van der Waals surface area contributed by atoms with Crippen molar-refractivity contribution in [3.8, 4) is 17.2 Å². The molecule has 228 valence electrons. The molecule has 1 aliphatic rings. The molecule has 0 aliphatic carbocycles. The van der Waals surface area contributed by atoms with Gasteiger partial charge in [-0.05, 0) is 102 Å². The molecule has 4 aromatic carbocycles. The average Bonchev–Trinajstić information content (AvgIpc) is 3.34. The van der Waals surface area contributed by atoms with E-state index >= 15 is 0 Å². The third-order valence-corrected chi connectivity index (χ3v) is 8.18. The van der Waals surface area contributed by atoms with Crippen LogP contribution in [0.15, 0.2) is 103 Å². The first-order valence-electron chi connectivity index (χ1n) is 15.8. The normalized spacial score (nSPS) is 14.3. The lowest BCUT2D eigenvalue weighted by molar-refractivity contribution is -0.133. The van der Waals surface area contributed by atoms with Gasteiger partial charge in [-0.3, -0.25) is 9.69 Å². The summed E-state index contributed by atoms with van der Waals surface area (Å²) >= 11 is 0. The fourth-order valence-electron chi connectivity index (χ4n) is 5.82. The Balaban J connectivity index is 1.37. The van der Waals surface area contributed by atoms with Crippen LogP contribution in [-0.2, 0) is 11.2 Å². The van der Waals surface area contributed by atoms with Gasteiger partial charge in [0.25, 0.3) is 0 Å². The lowest BCUT2D eigenvalue weighted by Crippen LogP contribution is -2.29. The van der Waals surface area contributed by atoms with Gasteiger partial charge in [-0.2, -0.15) is 0 Å². The van der Waals surface area contributed by atoms with Crippen molar-refractivity contribution in [1.82, 2.24) is 4.90 Å². The third-order valence-electron chi connectivity index (χ3n) is 8.18. The van der Waals surface area contributed by atoms with E-state index in [1.54, 1.807) is 7.11 Å². The maximum absolute atomic E-state index is 12.6. The molecule has 5 rings (SSSR count). The summed E-state index contributed by atoms with van der Waals surface area (Å²) in [7, 11) is 1.68. The summed E-state index contributed by atoms with van der Waals surface area (Å²) in [5.41, 5.74) is 6.58. The van der Waals surface area contributed by atoms with Crippen LogP contribution in [0, 0.1) is 0 Å². The lowest BCUT2D eigenvalue weighted by Gasteiger charge is -2.20. The highest BCUT2D eigenvalue weighted by atomic mass is 16.5. The van der Waals surface area contributed by atoms with Crippen LogP contribution in [0.4, 0.5) is 0 Å². The number of esters is 1. The maximum atomic E-state index is 12.6. The Labute approximate surface area is 262 Å². The summed E-state index contributed by atoms with van der Waals surface area (Å²) in [5, 5.41) is 0. The molecule has 0 amide bonds. The number of nitrogens with zero attached hydrogens (tertiary/aromatic N) is 1. The highest BCUT2D eigenvalue weighted by molar-refractivity contribution is 5.98. The molecule has 1 heterocycles. The standard InChI is InChI=1S/C39H43NO4/c1-3-37(31-13-19-34(42-2)20-14-31)39(32-15-21-35(22-16-32)43-28-27-40-25-9-4-5-10-26-40)33-17-23-36(24-18-33)44-38(41)29-30-11-7-6-8-12-30/h6-8,11-24H,3-5,9-10,25-29H2,1-2H3/b39-37-. The van der Waals surface area contributed by atoms with E-state index in [1.807, 2.05) is 66.7 Å². The van der Waals surface area contributed by atoms with Crippen LogP contribution in [0.2, 0.25) is 0 Å². The highest BCUT2D eigenvalue weighted by Gasteiger charge is 2.15. The van der Waals surface area contributed by atoms with Gasteiger partial charge in [0.05, 0.1) is 13.5 Å². The van der Waals surface area contributed by atoms with E-state index in [4.69, 9.17) is 14.2 Å². The van der Waals surface area contributed by atoms with E-state index in [0.29, 0.717) is 12.4 Å². The van der Waals surface area contributed by atoms with Gasteiger partial charge < -0.3 is 14.2 Å². The molecule has 4 aromatic rings. The summed E-state index contributed by atoms with van der Waals surface area (Å²) < 4.78 is 17.2. The predicted octanol–water partition coefficient (Wildman–Crippen LogP) is 8.47. The van der Waals surface area contributed by atoms with Gasteiger partial charge in [-0.1, -0.05) is 86.5 Å². The van der Waals surface area contributed by atoms with Gasteiger partial charge >= 0.3 is 5.97 Å².